The molecule has 34 heavy (non-hydrogen) atoms. The van der Waals surface area contributed by atoms with Gasteiger partial charge in [-0.15, -0.1) is 0 Å². The van der Waals surface area contributed by atoms with Crippen molar-refractivity contribution in [2.24, 2.45) is 0 Å². The molecule has 4 rings (SSSR count). The summed E-state index contributed by atoms with van der Waals surface area (Å²) in [5.74, 6) is 2.04. The summed E-state index contributed by atoms with van der Waals surface area (Å²) >= 11 is 0. The third kappa shape index (κ3) is 6.32. The number of halogens is 1. The highest BCUT2D eigenvalue weighted by atomic mass is 19.1. The van der Waals surface area contributed by atoms with Crippen LogP contribution in [0.15, 0.2) is 30.3 Å². The first-order chi connectivity index (χ1) is 16.3. The second kappa shape index (κ2) is 10.8. The number of amides is 1. The lowest BCUT2D eigenvalue weighted by Gasteiger charge is -2.36. The lowest BCUT2D eigenvalue weighted by atomic mass is 9.82. The second-order valence-electron chi connectivity index (χ2n) is 10.7. The fourth-order valence-electron chi connectivity index (χ4n) is 4.46. The minimum Gasteiger partial charge on any atom is -0.354 e. The molecule has 1 aliphatic heterocycles. The van der Waals surface area contributed by atoms with E-state index in [0.29, 0.717) is 18.0 Å². The van der Waals surface area contributed by atoms with E-state index in [9.17, 15) is 9.18 Å². The van der Waals surface area contributed by atoms with Crippen LogP contribution in [0.25, 0.3) is 0 Å². The molecule has 1 saturated heterocycles. The summed E-state index contributed by atoms with van der Waals surface area (Å²) in [5, 5.41) is 2.89. The van der Waals surface area contributed by atoms with Crippen LogP contribution in [0.3, 0.4) is 0 Å². The minimum absolute atomic E-state index is 0.0551. The minimum atomic E-state index is -0.386. The van der Waals surface area contributed by atoms with Gasteiger partial charge in [-0.1, -0.05) is 33.3 Å². The molecule has 1 saturated carbocycles. The van der Waals surface area contributed by atoms with Crippen LogP contribution in [-0.2, 0) is 5.41 Å². The molecule has 184 valence electrons. The van der Waals surface area contributed by atoms with Crippen molar-refractivity contribution in [3.05, 3.63) is 53.2 Å². The summed E-state index contributed by atoms with van der Waals surface area (Å²) in [6.45, 7) is 12.2. The maximum Gasteiger partial charge on any atom is 0.251 e. The van der Waals surface area contributed by atoms with Crippen LogP contribution < -0.4 is 10.2 Å². The number of benzene rings is 1. The smallest absolute Gasteiger partial charge is 0.251 e. The molecular weight excluding hydrogens is 429 g/mol. The summed E-state index contributed by atoms with van der Waals surface area (Å²) in [5.41, 5.74) is 1.54. The van der Waals surface area contributed by atoms with Crippen molar-refractivity contribution in [2.45, 2.75) is 64.2 Å². The van der Waals surface area contributed by atoms with Gasteiger partial charge in [0, 0.05) is 61.4 Å². The van der Waals surface area contributed by atoms with Gasteiger partial charge in [0.15, 0.2) is 0 Å². The van der Waals surface area contributed by atoms with Crippen LogP contribution in [0.1, 0.15) is 80.7 Å². The molecule has 6 nitrogen and oxygen atoms in total. The number of carbonyl (C=O) groups is 1. The van der Waals surface area contributed by atoms with E-state index in [-0.39, 0.29) is 17.1 Å². The van der Waals surface area contributed by atoms with Crippen molar-refractivity contribution in [3.8, 4) is 0 Å². The van der Waals surface area contributed by atoms with Gasteiger partial charge in [0.25, 0.3) is 5.91 Å². The first-order valence-electron chi connectivity index (χ1n) is 12.7. The van der Waals surface area contributed by atoms with Gasteiger partial charge in [0.05, 0.1) is 0 Å². The van der Waals surface area contributed by atoms with Crippen LogP contribution in [0.2, 0.25) is 0 Å². The van der Waals surface area contributed by atoms with Crippen LogP contribution in [0.4, 0.5) is 10.2 Å². The molecule has 2 aliphatic rings. The number of aromatic nitrogens is 2. The predicted octanol–water partition coefficient (Wildman–Crippen LogP) is 4.51. The standard InChI is InChI=1S/C27H38FN5O/c1-27(2,3)26-30-23(20-8-6-9-20)19-24(31-26)33-16-14-32(15-17-33)13-5-4-12-29-25(34)21-10-7-11-22(28)18-21/h7,10-11,18-20H,4-6,8-9,12-17H2,1-3H3,(H,29,34). The van der Waals surface area contributed by atoms with Crippen LogP contribution in [-0.4, -0.2) is 60.0 Å². The number of nitrogens with one attached hydrogen (secondary N) is 1. The quantitative estimate of drug-likeness (QED) is 0.579. The van der Waals surface area contributed by atoms with Crippen LogP contribution in [0, 0.1) is 5.82 Å². The third-order valence-electron chi connectivity index (χ3n) is 6.90. The monoisotopic (exact) mass is 467 g/mol. The molecule has 0 unspecified atom stereocenters. The average molecular weight is 468 g/mol. The van der Waals surface area contributed by atoms with Crippen molar-refractivity contribution in [1.82, 2.24) is 20.2 Å². The van der Waals surface area contributed by atoms with Crippen molar-refractivity contribution in [2.75, 3.05) is 44.2 Å². The topological polar surface area (TPSA) is 61.4 Å². The largest absolute Gasteiger partial charge is 0.354 e. The molecule has 0 bridgehead atoms. The molecule has 2 heterocycles. The zero-order valence-electron chi connectivity index (χ0n) is 20.8. The van der Waals surface area contributed by atoms with E-state index in [0.717, 1.165) is 57.2 Å². The molecule has 1 aliphatic carbocycles. The molecule has 2 fully saturated rings. The van der Waals surface area contributed by atoms with Crippen LogP contribution in [0.5, 0.6) is 0 Å². The Hall–Kier alpha value is -2.54. The Labute approximate surface area is 203 Å². The lowest BCUT2D eigenvalue weighted by molar-refractivity contribution is 0.0952. The Morgan fingerprint density at radius 2 is 1.85 bits per heavy atom. The highest BCUT2D eigenvalue weighted by Crippen LogP contribution is 2.37. The highest BCUT2D eigenvalue weighted by molar-refractivity contribution is 5.94. The first kappa shape index (κ1) is 24.6. The van der Waals surface area contributed by atoms with Gasteiger partial charge in [-0.3, -0.25) is 9.69 Å². The molecule has 1 aromatic heterocycles. The van der Waals surface area contributed by atoms with Crippen molar-refractivity contribution < 1.29 is 9.18 Å². The Bertz CT molecular complexity index is 977. The fourth-order valence-corrected chi connectivity index (χ4v) is 4.46. The van der Waals surface area contributed by atoms with Gasteiger partial charge < -0.3 is 10.2 Å². The summed E-state index contributed by atoms with van der Waals surface area (Å²) in [6.07, 6.45) is 5.73. The molecular formula is C27H38FN5O. The number of unbranched alkanes of at least 4 members (excludes halogenated alkanes) is 1. The number of hydrogen-bond acceptors (Lipinski definition) is 5. The SMILES string of the molecule is CC(C)(C)c1nc(C2CCC2)cc(N2CCN(CCCCNC(=O)c3cccc(F)c3)CC2)n1. The van der Waals surface area contributed by atoms with Crippen LogP contribution >= 0.6 is 0 Å². The van der Waals surface area contributed by atoms with Crippen molar-refractivity contribution >= 4 is 11.7 Å². The summed E-state index contributed by atoms with van der Waals surface area (Å²) in [6, 6.07) is 8.04. The van der Waals surface area contributed by atoms with Gasteiger partial charge in [0.2, 0.25) is 0 Å². The molecule has 7 heteroatoms. The van der Waals surface area contributed by atoms with E-state index in [2.05, 4.69) is 42.0 Å². The average Bonchev–Trinajstić information content (AvgIpc) is 2.77. The van der Waals surface area contributed by atoms with E-state index in [1.807, 2.05) is 0 Å². The zero-order chi connectivity index (χ0) is 24.1. The summed E-state index contributed by atoms with van der Waals surface area (Å²) in [4.78, 5) is 26.9. The van der Waals surface area contributed by atoms with Crippen molar-refractivity contribution in [1.29, 1.82) is 0 Å². The first-order valence-corrected chi connectivity index (χ1v) is 12.7. The Morgan fingerprint density at radius 3 is 2.50 bits per heavy atom. The molecule has 0 radical (unpaired) electrons. The normalized spacial score (nSPS) is 17.5. The number of nitrogens with zero attached hydrogens (tertiary/aromatic N) is 4. The maximum absolute atomic E-state index is 13.3. The third-order valence-corrected chi connectivity index (χ3v) is 6.90. The maximum atomic E-state index is 13.3. The summed E-state index contributed by atoms with van der Waals surface area (Å²) in [7, 11) is 0. The Balaban J connectivity index is 1.22. The summed E-state index contributed by atoms with van der Waals surface area (Å²) < 4.78 is 13.3. The molecule has 1 aromatic carbocycles. The molecule has 0 spiro atoms. The molecule has 1 N–H and O–H groups in total. The second-order valence-corrected chi connectivity index (χ2v) is 10.7. The van der Waals surface area contributed by atoms with Gasteiger partial charge in [-0.2, -0.15) is 0 Å². The van der Waals surface area contributed by atoms with E-state index in [1.165, 1.54) is 37.1 Å². The lowest BCUT2D eigenvalue weighted by Crippen LogP contribution is -2.47. The highest BCUT2D eigenvalue weighted by Gasteiger charge is 2.27. The number of carbonyl (C=O) groups excluding carboxylic acids is 1. The zero-order valence-corrected chi connectivity index (χ0v) is 20.8. The Kier molecular flexibility index (Phi) is 7.81. The fraction of sp³-hybridized carbons (Fsp3) is 0.593. The van der Waals surface area contributed by atoms with Gasteiger partial charge in [-0.25, -0.2) is 14.4 Å². The molecule has 1 amide bonds. The number of rotatable bonds is 8. The van der Waals surface area contributed by atoms with E-state index in [4.69, 9.17) is 9.97 Å². The Morgan fingerprint density at radius 1 is 1.09 bits per heavy atom. The van der Waals surface area contributed by atoms with E-state index < -0.39 is 0 Å². The van der Waals surface area contributed by atoms with E-state index >= 15 is 0 Å². The predicted molar refractivity (Wildman–Crippen MR) is 134 cm³/mol. The van der Waals surface area contributed by atoms with E-state index in [1.54, 1.807) is 12.1 Å². The van der Waals surface area contributed by atoms with Gasteiger partial charge in [0.1, 0.15) is 17.5 Å². The molecule has 2 aromatic rings. The van der Waals surface area contributed by atoms with Gasteiger partial charge in [-0.05, 0) is 50.4 Å². The number of anilines is 1. The van der Waals surface area contributed by atoms with Crippen molar-refractivity contribution in [3.63, 3.8) is 0 Å². The van der Waals surface area contributed by atoms with Gasteiger partial charge >= 0.3 is 0 Å². The molecule has 0 atom stereocenters. The number of hydrogen-bond donors (Lipinski definition) is 1. The number of piperazine rings is 1.